The third kappa shape index (κ3) is 5.22. The molecule has 1 rings (SSSR count). The van der Waals surface area contributed by atoms with E-state index in [0.717, 1.165) is 3.57 Å². The van der Waals surface area contributed by atoms with Crippen LogP contribution in [0.15, 0.2) is 18.2 Å². The molecule has 0 amide bonds. The Hall–Kier alpha value is -0.820. The number of rotatable bonds is 7. The van der Waals surface area contributed by atoms with Gasteiger partial charge < -0.3 is 14.6 Å². The van der Waals surface area contributed by atoms with Crippen LogP contribution in [-0.4, -0.2) is 30.9 Å². The van der Waals surface area contributed by atoms with Crippen LogP contribution in [0.5, 0.6) is 5.75 Å². The van der Waals surface area contributed by atoms with Gasteiger partial charge in [-0.25, -0.2) is 4.79 Å². The Morgan fingerprint density at radius 1 is 1.39 bits per heavy atom. The normalized spacial score (nSPS) is 10.7. The minimum Gasteiger partial charge on any atom is -0.490 e. The van der Waals surface area contributed by atoms with E-state index >= 15 is 0 Å². The fourth-order valence-electron chi connectivity index (χ4n) is 1.32. The van der Waals surface area contributed by atoms with Gasteiger partial charge in [-0.15, -0.1) is 0 Å². The van der Waals surface area contributed by atoms with Crippen molar-refractivity contribution in [1.82, 2.24) is 0 Å². The van der Waals surface area contributed by atoms with E-state index < -0.39 is 5.97 Å². The Kier molecular flexibility index (Phi) is 6.42. The second-order valence-corrected chi connectivity index (χ2v) is 5.51. The number of benzene rings is 1. The highest BCUT2D eigenvalue weighted by atomic mass is 127. The molecule has 0 unspecified atom stereocenters. The molecule has 100 valence electrons. The summed E-state index contributed by atoms with van der Waals surface area (Å²) in [6.45, 7) is 5.64. The van der Waals surface area contributed by atoms with E-state index in [-0.39, 0.29) is 5.56 Å². The van der Waals surface area contributed by atoms with Crippen LogP contribution in [0.1, 0.15) is 24.2 Å². The molecule has 5 heteroatoms. The topological polar surface area (TPSA) is 55.8 Å². The number of carboxylic acid groups (broad SMARTS) is 1. The van der Waals surface area contributed by atoms with Crippen molar-refractivity contribution in [2.45, 2.75) is 13.8 Å². The van der Waals surface area contributed by atoms with E-state index in [1.54, 1.807) is 12.1 Å². The van der Waals surface area contributed by atoms with E-state index in [1.807, 2.05) is 6.07 Å². The predicted octanol–water partition coefficient (Wildman–Crippen LogP) is 3.04. The number of hydrogen-bond donors (Lipinski definition) is 1. The van der Waals surface area contributed by atoms with Gasteiger partial charge in [0.15, 0.2) is 0 Å². The second kappa shape index (κ2) is 7.58. The Morgan fingerprint density at radius 2 is 2.11 bits per heavy atom. The first-order chi connectivity index (χ1) is 8.50. The number of aromatic carboxylic acids is 1. The Morgan fingerprint density at radius 3 is 2.72 bits per heavy atom. The lowest BCUT2D eigenvalue weighted by atomic mass is 10.2. The summed E-state index contributed by atoms with van der Waals surface area (Å²) >= 11 is 2.07. The van der Waals surface area contributed by atoms with Crippen LogP contribution < -0.4 is 4.74 Å². The second-order valence-electron chi connectivity index (χ2n) is 4.26. The first-order valence-corrected chi connectivity index (χ1v) is 6.82. The maximum Gasteiger partial charge on any atom is 0.339 e. The molecule has 0 aliphatic rings. The minimum atomic E-state index is -0.980. The molecule has 0 spiro atoms. The summed E-state index contributed by atoms with van der Waals surface area (Å²) in [5.41, 5.74) is 0.186. The molecule has 0 bridgehead atoms. The van der Waals surface area contributed by atoms with Gasteiger partial charge in [0.1, 0.15) is 17.9 Å². The van der Waals surface area contributed by atoms with E-state index in [2.05, 4.69) is 36.4 Å². The molecule has 0 atom stereocenters. The van der Waals surface area contributed by atoms with Crippen molar-refractivity contribution in [3.05, 3.63) is 27.3 Å². The average molecular weight is 364 g/mol. The van der Waals surface area contributed by atoms with Gasteiger partial charge in [0.25, 0.3) is 0 Å². The molecule has 1 aromatic rings. The van der Waals surface area contributed by atoms with Gasteiger partial charge in [-0.05, 0) is 46.7 Å². The van der Waals surface area contributed by atoms with Crippen molar-refractivity contribution in [1.29, 1.82) is 0 Å². The summed E-state index contributed by atoms with van der Waals surface area (Å²) in [6.07, 6.45) is 0. The van der Waals surface area contributed by atoms with Crippen LogP contribution in [0.4, 0.5) is 0 Å². The molecule has 0 heterocycles. The first kappa shape index (κ1) is 15.2. The molecule has 1 N–H and O–H groups in total. The highest BCUT2D eigenvalue weighted by Crippen LogP contribution is 2.21. The van der Waals surface area contributed by atoms with Crippen LogP contribution in [0.2, 0.25) is 0 Å². The maximum atomic E-state index is 11.0. The summed E-state index contributed by atoms with van der Waals surface area (Å²) in [6, 6.07) is 5.08. The largest absolute Gasteiger partial charge is 0.490 e. The number of carbonyl (C=O) groups is 1. The van der Waals surface area contributed by atoms with Crippen LogP contribution >= 0.6 is 22.6 Å². The SMILES string of the molecule is CC(C)COCCOc1ccc(I)cc1C(=O)O. The Labute approximate surface area is 120 Å². The minimum absolute atomic E-state index is 0.186. The Balaban J connectivity index is 2.49. The zero-order valence-electron chi connectivity index (χ0n) is 10.5. The standard InChI is InChI=1S/C13H17IO4/c1-9(2)8-17-5-6-18-12-4-3-10(14)7-11(12)13(15)16/h3-4,7,9H,5-6,8H2,1-2H3,(H,15,16). The van der Waals surface area contributed by atoms with E-state index in [1.165, 1.54) is 0 Å². The van der Waals surface area contributed by atoms with Crippen LogP contribution in [-0.2, 0) is 4.74 Å². The molecule has 1 aromatic carbocycles. The molecule has 0 aliphatic heterocycles. The molecular weight excluding hydrogens is 347 g/mol. The van der Waals surface area contributed by atoms with E-state index in [0.29, 0.717) is 31.5 Å². The highest BCUT2D eigenvalue weighted by Gasteiger charge is 2.11. The van der Waals surface area contributed by atoms with Crippen molar-refractivity contribution < 1.29 is 19.4 Å². The third-order valence-corrected chi connectivity index (χ3v) is 2.78. The molecule has 0 saturated heterocycles. The molecule has 0 aromatic heterocycles. The predicted molar refractivity (Wildman–Crippen MR) is 77.3 cm³/mol. The monoisotopic (exact) mass is 364 g/mol. The van der Waals surface area contributed by atoms with Crippen LogP contribution in [0.3, 0.4) is 0 Å². The Bertz CT molecular complexity index is 404. The van der Waals surface area contributed by atoms with Gasteiger partial charge >= 0.3 is 5.97 Å². The molecule has 4 nitrogen and oxygen atoms in total. The summed E-state index contributed by atoms with van der Waals surface area (Å²) in [5, 5.41) is 9.05. The summed E-state index contributed by atoms with van der Waals surface area (Å²) in [7, 11) is 0. The van der Waals surface area contributed by atoms with Crippen molar-refractivity contribution in [2.75, 3.05) is 19.8 Å². The zero-order valence-corrected chi connectivity index (χ0v) is 12.6. The van der Waals surface area contributed by atoms with Crippen LogP contribution in [0.25, 0.3) is 0 Å². The van der Waals surface area contributed by atoms with Crippen molar-refractivity contribution in [3.8, 4) is 5.75 Å². The van der Waals surface area contributed by atoms with Crippen molar-refractivity contribution in [3.63, 3.8) is 0 Å². The first-order valence-electron chi connectivity index (χ1n) is 5.74. The fourth-order valence-corrected chi connectivity index (χ4v) is 1.82. The van der Waals surface area contributed by atoms with Crippen molar-refractivity contribution >= 4 is 28.6 Å². The van der Waals surface area contributed by atoms with Gasteiger partial charge in [0.05, 0.1) is 6.61 Å². The third-order valence-electron chi connectivity index (χ3n) is 2.11. The fraction of sp³-hybridized carbons (Fsp3) is 0.462. The van der Waals surface area contributed by atoms with Gasteiger partial charge in [0, 0.05) is 10.2 Å². The lowest BCUT2D eigenvalue weighted by Crippen LogP contribution is -2.12. The molecular formula is C13H17IO4. The molecule has 0 radical (unpaired) electrons. The van der Waals surface area contributed by atoms with Crippen molar-refractivity contribution in [2.24, 2.45) is 5.92 Å². The van der Waals surface area contributed by atoms with Gasteiger partial charge in [-0.2, -0.15) is 0 Å². The lowest BCUT2D eigenvalue weighted by molar-refractivity contribution is 0.0677. The quantitative estimate of drug-likeness (QED) is 0.597. The lowest BCUT2D eigenvalue weighted by Gasteiger charge is -2.10. The smallest absolute Gasteiger partial charge is 0.339 e. The van der Waals surface area contributed by atoms with E-state index in [9.17, 15) is 4.79 Å². The number of halogens is 1. The number of carboxylic acids is 1. The average Bonchev–Trinajstić information content (AvgIpc) is 2.29. The molecule has 0 fully saturated rings. The summed E-state index contributed by atoms with van der Waals surface area (Å²) in [5.74, 6) is -0.111. The summed E-state index contributed by atoms with van der Waals surface area (Å²) < 4.78 is 11.7. The summed E-state index contributed by atoms with van der Waals surface area (Å²) in [4.78, 5) is 11.0. The maximum absolute atomic E-state index is 11.0. The molecule has 0 saturated carbocycles. The highest BCUT2D eigenvalue weighted by molar-refractivity contribution is 14.1. The van der Waals surface area contributed by atoms with Gasteiger partial charge in [-0.1, -0.05) is 13.8 Å². The zero-order chi connectivity index (χ0) is 13.5. The molecule has 0 aliphatic carbocycles. The number of hydrogen-bond acceptors (Lipinski definition) is 3. The number of ether oxygens (including phenoxy) is 2. The molecule has 18 heavy (non-hydrogen) atoms. The van der Waals surface area contributed by atoms with Gasteiger partial charge in [-0.3, -0.25) is 0 Å². The van der Waals surface area contributed by atoms with Crippen LogP contribution in [0, 0.1) is 9.49 Å². The van der Waals surface area contributed by atoms with E-state index in [4.69, 9.17) is 14.6 Å². The van der Waals surface area contributed by atoms with Gasteiger partial charge in [0.2, 0.25) is 0 Å².